The lowest BCUT2D eigenvalue weighted by Gasteiger charge is -2.23. The molecule has 1 atom stereocenters. The maximum atomic E-state index is 11.4. The number of sulfone groups is 1. The van der Waals surface area contributed by atoms with E-state index in [4.69, 9.17) is 18.0 Å². The Kier molecular flexibility index (Phi) is 6.31. The maximum Gasteiger partial charge on any atom is 0.151 e. The fourth-order valence-corrected chi connectivity index (χ4v) is 2.68. The zero-order chi connectivity index (χ0) is 12.1. The van der Waals surface area contributed by atoms with Gasteiger partial charge in [-0.05, 0) is 20.4 Å². The minimum atomic E-state index is -2.91. The average molecular weight is 252 g/mol. The van der Waals surface area contributed by atoms with E-state index in [-0.39, 0.29) is 17.5 Å². The molecule has 0 bridgehead atoms. The molecule has 0 aliphatic heterocycles. The highest BCUT2D eigenvalue weighted by Gasteiger charge is 2.15. The van der Waals surface area contributed by atoms with Crippen molar-refractivity contribution >= 4 is 27.0 Å². The number of thiocarbonyl (C=S) groups is 1. The summed E-state index contributed by atoms with van der Waals surface area (Å²) < 4.78 is 22.9. The molecule has 4 nitrogen and oxygen atoms in total. The van der Waals surface area contributed by atoms with Crippen molar-refractivity contribution in [2.45, 2.75) is 26.3 Å². The predicted molar refractivity (Wildman–Crippen MR) is 67.8 cm³/mol. The standard InChI is InChI=1S/C9H20N2O2S2/c1-4-6-15(12,13)7-5-11(3)8(2)9(10)14/h8H,4-7H2,1-3H3,(H2,10,14). The Balaban J connectivity index is 4.11. The first-order valence-electron chi connectivity index (χ1n) is 5.00. The van der Waals surface area contributed by atoms with Crippen LogP contribution in [-0.2, 0) is 9.84 Å². The van der Waals surface area contributed by atoms with Gasteiger partial charge in [-0.3, -0.25) is 4.90 Å². The molecule has 2 N–H and O–H groups in total. The van der Waals surface area contributed by atoms with Gasteiger partial charge >= 0.3 is 0 Å². The first-order valence-corrected chi connectivity index (χ1v) is 7.23. The van der Waals surface area contributed by atoms with Gasteiger partial charge in [0.15, 0.2) is 9.84 Å². The summed E-state index contributed by atoms with van der Waals surface area (Å²) in [6, 6.07) is -0.0585. The number of nitrogens with two attached hydrogens (primary N) is 1. The zero-order valence-corrected chi connectivity index (χ0v) is 11.2. The lowest BCUT2D eigenvalue weighted by Crippen LogP contribution is -2.41. The van der Waals surface area contributed by atoms with E-state index in [9.17, 15) is 8.42 Å². The summed E-state index contributed by atoms with van der Waals surface area (Å²) in [4.78, 5) is 2.25. The fraction of sp³-hybridized carbons (Fsp3) is 0.889. The van der Waals surface area contributed by atoms with E-state index in [0.29, 0.717) is 18.0 Å². The van der Waals surface area contributed by atoms with Crippen LogP contribution < -0.4 is 5.73 Å². The summed E-state index contributed by atoms with van der Waals surface area (Å²) >= 11 is 4.84. The van der Waals surface area contributed by atoms with E-state index in [1.807, 2.05) is 25.8 Å². The average Bonchev–Trinajstić information content (AvgIpc) is 2.13. The van der Waals surface area contributed by atoms with Crippen LogP contribution >= 0.6 is 12.2 Å². The molecule has 0 aliphatic carbocycles. The molecule has 6 heteroatoms. The first-order chi connectivity index (χ1) is 6.80. The van der Waals surface area contributed by atoms with Gasteiger partial charge in [-0.2, -0.15) is 0 Å². The van der Waals surface area contributed by atoms with Crippen molar-refractivity contribution < 1.29 is 8.42 Å². The smallest absolute Gasteiger partial charge is 0.151 e. The van der Waals surface area contributed by atoms with Gasteiger partial charge < -0.3 is 5.73 Å². The van der Waals surface area contributed by atoms with Crippen LogP contribution in [0, 0.1) is 0 Å². The highest BCUT2D eigenvalue weighted by atomic mass is 32.2. The highest BCUT2D eigenvalue weighted by Crippen LogP contribution is 1.99. The van der Waals surface area contributed by atoms with Crippen molar-refractivity contribution in [2.24, 2.45) is 5.73 Å². The minimum absolute atomic E-state index is 0.0585. The second-order valence-corrected chi connectivity index (χ2v) is 6.49. The Morgan fingerprint density at radius 3 is 2.40 bits per heavy atom. The van der Waals surface area contributed by atoms with E-state index < -0.39 is 9.84 Å². The van der Waals surface area contributed by atoms with E-state index in [1.54, 1.807) is 0 Å². The molecule has 0 saturated carbocycles. The fourth-order valence-electron chi connectivity index (χ4n) is 1.11. The van der Waals surface area contributed by atoms with Crippen LogP contribution in [0.5, 0.6) is 0 Å². The molecule has 1 unspecified atom stereocenters. The molecular weight excluding hydrogens is 232 g/mol. The summed E-state index contributed by atoms with van der Waals surface area (Å²) in [5.74, 6) is 0.423. The Bertz CT molecular complexity index is 301. The number of hydrogen-bond donors (Lipinski definition) is 1. The number of nitrogens with zero attached hydrogens (tertiary/aromatic N) is 1. The Morgan fingerprint density at radius 1 is 1.47 bits per heavy atom. The van der Waals surface area contributed by atoms with Gasteiger partial charge in [-0.15, -0.1) is 0 Å². The molecule has 0 fully saturated rings. The number of likely N-dealkylation sites (N-methyl/N-ethyl adjacent to an activating group) is 1. The molecule has 0 aromatic carbocycles. The van der Waals surface area contributed by atoms with Crippen molar-refractivity contribution in [1.82, 2.24) is 4.90 Å². The third-order valence-electron chi connectivity index (χ3n) is 2.34. The molecule has 15 heavy (non-hydrogen) atoms. The van der Waals surface area contributed by atoms with E-state index >= 15 is 0 Å². The molecule has 0 radical (unpaired) electrons. The van der Waals surface area contributed by atoms with Crippen LogP contribution in [-0.4, -0.2) is 49.4 Å². The molecule has 0 aromatic heterocycles. The normalized spacial score (nSPS) is 14.1. The lowest BCUT2D eigenvalue weighted by atomic mass is 10.3. The van der Waals surface area contributed by atoms with Crippen LogP contribution in [0.1, 0.15) is 20.3 Å². The van der Waals surface area contributed by atoms with Gasteiger partial charge in [-0.1, -0.05) is 19.1 Å². The van der Waals surface area contributed by atoms with Gasteiger partial charge in [0.05, 0.1) is 16.8 Å². The summed E-state index contributed by atoms with van der Waals surface area (Å²) in [5, 5.41) is 0. The zero-order valence-electron chi connectivity index (χ0n) is 9.56. The van der Waals surface area contributed by atoms with Gasteiger partial charge in [0.1, 0.15) is 0 Å². The van der Waals surface area contributed by atoms with E-state index in [0.717, 1.165) is 0 Å². The van der Waals surface area contributed by atoms with Gasteiger partial charge in [0.2, 0.25) is 0 Å². The third-order valence-corrected chi connectivity index (χ3v) is 4.52. The molecular formula is C9H20N2O2S2. The Morgan fingerprint density at radius 2 is 2.00 bits per heavy atom. The monoisotopic (exact) mass is 252 g/mol. The van der Waals surface area contributed by atoms with Crippen LogP contribution in [0.25, 0.3) is 0 Å². The van der Waals surface area contributed by atoms with Crippen molar-refractivity contribution in [1.29, 1.82) is 0 Å². The minimum Gasteiger partial charge on any atom is -0.392 e. The molecule has 0 rings (SSSR count). The molecule has 0 amide bonds. The highest BCUT2D eigenvalue weighted by molar-refractivity contribution is 7.91. The van der Waals surface area contributed by atoms with Crippen molar-refractivity contribution in [3.05, 3.63) is 0 Å². The molecule has 0 heterocycles. The van der Waals surface area contributed by atoms with Crippen LogP contribution in [0.15, 0.2) is 0 Å². The summed E-state index contributed by atoms with van der Waals surface area (Å²) in [6.07, 6.45) is 0.664. The number of rotatable bonds is 7. The van der Waals surface area contributed by atoms with Crippen molar-refractivity contribution in [3.8, 4) is 0 Å². The lowest BCUT2D eigenvalue weighted by molar-refractivity contribution is 0.330. The summed E-state index contributed by atoms with van der Waals surface area (Å²) in [5.41, 5.74) is 5.48. The number of hydrogen-bond acceptors (Lipinski definition) is 4. The Labute approximate surface area is 97.7 Å². The molecule has 0 spiro atoms. The molecule has 0 aromatic rings. The Hall–Kier alpha value is -0.200. The SMILES string of the molecule is CCCS(=O)(=O)CCN(C)C(C)C(N)=S. The van der Waals surface area contributed by atoms with Gasteiger partial charge in [-0.25, -0.2) is 8.42 Å². The maximum absolute atomic E-state index is 11.4. The molecule has 90 valence electrons. The largest absolute Gasteiger partial charge is 0.392 e. The summed E-state index contributed by atoms with van der Waals surface area (Å²) in [6.45, 7) is 4.20. The second kappa shape index (κ2) is 6.40. The van der Waals surface area contributed by atoms with E-state index in [2.05, 4.69) is 0 Å². The quantitative estimate of drug-likeness (QED) is 0.665. The predicted octanol–water partition coefficient (Wildman–Crippen LogP) is 0.418. The summed E-state index contributed by atoms with van der Waals surface area (Å²) in [7, 11) is -1.09. The van der Waals surface area contributed by atoms with Gasteiger partial charge in [0.25, 0.3) is 0 Å². The van der Waals surface area contributed by atoms with Crippen molar-refractivity contribution in [3.63, 3.8) is 0 Å². The molecule has 0 saturated heterocycles. The second-order valence-electron chi connectivity index (χ2n) is 3.71. The third kappa shape index (κ3) is 6.06. The van der Waals surface area contributed by atoms with E-state index in [1.165, 1.54) is 0 Å². The van der Waals surface area contributed by atoms with Crippen LogP contribution in [0.3, 0.4) is 0 Å². The topological polar surface area (TPSA) is 63.4 Å². The van der Waals surface area contributed by atoms with Crippen molar-refractivity contribution in [2.75, 3.05) is 25.1 Å². The molecule has 0 aliphatic rings. The van der Waals surface area contributed by atoms with Crippen LogP contribution in [0.4, 0.5) is 0 Å². The first kappa shape index (κ1) is 14.8. The van der Waals surface area contributed by atoms with Gasteiger partial charge in [0, 0.05) is 12.3 Å². The van der Waals surface area contributed by atoms with Crippen LogP contribution in [0.2, 0.25) is 0 Å².